The monoisotopic (exact) mass is 245 g/mol. The maximum atomic E-state index is 10.5. The number of non-ortho nitro benzene ring substituents is 1. The molecule has 0 aliphatic rings. The minimum Gasteiger partial charge on any atom is -0.297 e. The summed E-state index contributed by atoms with van der Waals surface area (Å²) in [7, 11) is 0. The van der Waals surface area contributed by atoms with Crippen molar-refractivity contribution in [1.29, 1.82) is 0 Å². The van der Waals surface area contributed by atoms with Crippen LogP contribution in [0.2, 0.25) is 0 Å². The molecule has 1 aromatic carbocycles. The highest BCUT2D eigenvalue weighted by Crippen LogP contribution is 2.28. The van der Waals surface area contributed by atoms with Crippen LogP contribution in [0.5, 0.6) is 0 Å². The number of nitrogens with zero attached hydrogens (tertiary/aromatic N) is 3. The Hall–Kier alpha value is -2.21. The largest absolute Gasteiger partial charge is 0.297 e. The zero-order valence-electron chi connectivity index (χ0n) is 8.61. The molecule has 0 radical (unpaired) electrons. The highest BCUT2D eigenvalue weighted by molar-refractivity contribution is 7.20. The summed E-state index contributed by atoms with van der Waals surface area (Å²) < 4.78 is 1.93. The zero-order chi connectivity index (χ0) is 11.8. The van der Waals surface area contributed by atoms with E-state index in [2.05, 4.69) is 4.98 Å². The maximum absolute atomic E-state index is 10.5. The molecule has 2 aromatic heterocycles. The molecule has 0 saturated heterocycles. The molecule has 84 valence electrons. The van der Waals surface area contributed by atoms with Gasteiger partial charge in [-0.3, -0.25) is 14.5 Å². The summed E-state index contributed by atoms with van der Waals surface area (Å²) in [6.07, 6.45) is 5.58. The third-order valence-corrected chi connectivity index (χ3v) is 3.51. The molecule has 6 heteroatoms. The van der Waals surface area contributed by atoms with E-state index in [0.29, 0.717) is 0 Å². The van der Waals surface area contributed by atoms with Crippen molar-refractivity contribution in [2.24, 2.45) is 0 Å². The molecule has 3 rings (SSSR count). The van der Waals surface area contributed by atoms with Crippen LogP contribution in [0.25, 0.3) is 15.4 Å². The van der Waals surface area contributed by atoms with Crippen LogP contribution in [0, 0.1) is 10.1 Å². The van der Waals surface area contributed by atoms with Gasteiger partial charge >= 0.3 is 0 Å². The van der Waals surface area contributed by atoms with Gasteiger partial charge in [-0.15, -0.1) is 0 Å². The van der Waals surface area contributed by atoms with Gasteiger partial charge in [-0.1, -0.05) is 11.3 Å². The Morgan fingerprint density at radius 1 is 1.29 bits per heavy atom. The number of nitro groups is 1. The number of hydrogen-bond donors (Lipinski definition) is 0. The van der Waals surface area contributed by atoms with Crippen molar-refractivity contribution in [3.05, 3.63) is 53.0 Å². The summed E-state index contributed by atoms with van der Waals surface area (Å²) in [5.74, 6) is 0. The van der Waals surface area contributed by atoms with Gasteiger partial charge in [0.2, 0.25) is 0 Å². The van der Waals surface area contributed by atoms with E-state index in [1.54, 1.807) is 29.7 Å². The summed E-state index contributed by atoms with van der Waals surface area (Å²) in [4.78, 5) is 16.3. The fourth-order valence-electron chi connectivity index (χ4n) is 1.61. The van der Waals surface area contributed by atoms with Crippen LogP contribution >= 0.6 is 11.3 Å². The lowest BCUT2D eigenvalue weighted by Gasteiger charge is -1.95. The van der Waals surface area contributed by atoms with E-state index in [0.717, 1.165) is 15.4 Å². The number of fused-ring (bicyclic) bond motifs is 1. The Kier molecular flexibility index (Phi) is 2.15. The van der Waals surface area contributed by atoms with E-state index in [9.17, 15) is 10.1 Å². The molecule has 0 atom stereocenters. The highest BCUT2D eigenvalue weighted by Gasteiger charge is 2.08. The van der Waals surface area contributed by atoms with Gasteiger partial charge < -0.3 is 0 Å². The molecule has 3 aromatic rings. The van der Waals surface area contributed by atoms with E-state index in [1.165, 1.54) is 12.1 Å². The smallest absolute Gasteiger partial charge is 0.269 e. The van der Waals surface area contributed by atoms with Crippen molar-refractivity contribution in [3.8, 4) is 10.4 Å². The van der Waals surface area contributed by atoms with Crippen molar-refractivity contribution in [2.45, 2.75) is 0 Å². The maximum Gasteiger partial charge on any atom is 0.269 e. The van der Waals surface area contributed by atoms with Gasteiger partial charge in [0.25, 0.3) is 5.69 Å². The van der Waals surface area contributed by atoms with Crippen LogP contribution in [0.1, 0.15) is 0 Å². The number of rotatable bonds is 2. The predicted octanol–water partition coefficient (Wildman–Crippen LogP) is 2.97. The normalized spacial score (nSPS) is 10.8. The van der Waals surface area contributed by atoms with Crippen molar-refractivity contribution >= 4 is 22.0 Å². The number of thiazole rings is 1. The van der Waals surface area contributed by atoms with Crippen LogP contribution in [0.3, 0.4) is 0 Å². The van der Waals surface area contributed by atoms with Crippen molar-refractivity contribution in [2.75, 3.05) is 0 Å². The van der Waals surface area contributed by atoms with Crippen LogP contribution in [-0.2, 0) is 0 Å². The minimum absolute atomic E-state index is 0.107. The van der Waals surface area contributed by atoms with Gasteiger partial charge in [0.15, 0.2) is 4.96 Å². The second kappa shape index (κ2) is 3.67. The lowest BCUT2D eigenvalue weighted by Crippen LogP contribution is -1.86. The third-order valence-electron chi connectivity index (χ3n) is 2.45. The first kappa shape index (κ1) is 9.98. The molecule has 0 N–H and O–H groups in total. The average Bonchev–Trinajstić information content (AvgIpc) is 2.89. The topological polar surface area (TPSA) is 60.4 Å². The summed E-state index contributed by atoms with van der Waals surface area (Å²) in [6.45, 7) is 0. The lowest BCUT2D eigenvalue weighted by atomic mass is 10.2. The molecule has 0 aliphatic heterocycles. The van der Waals surface area contributed by atoms with Gasteiger partial charge in [-0.25, -0.2) is 4.98 Å². The Labute approximate surface area is 100 Å². The predicted molar refractivity (Wildman–Crippen MR) is 65.2 cm³/mol. The quantitative estimate of drug-likeness (QED) is 0.515. The molecule has 0 spiro atoms. The average molecular weight is 245 g/mol. The minimum atomic E-state index is -0.398. The molecule has 5 nitrogen and oxygen atoms in total. The van der Waals surface area contributed by atoms with Crippen molar-refractivity contribution in [3.63, 3.8) is 0 Å². The fraction of sp³-hybridized carbons (Fsp3) is 0. The number of hydrogen-bond acceptors (Lipinski definition) is 4. The van der Waals surface area contributed by atoms with E-state index in [1.807, 2.05) is 16.8 Å². The molecule has 17 heavy (non-hydrogen) atoms. The lowest BCUT2D eigenvalue weighted by molar-refractivity contribution is -0.384. The molecule has 0 amide bonds. The Bertz CT molecular complexity index is 656. The third kappa shape index (κ3) is 1.68. The second-order valence-corrected chi connectivity index (χ2v) is 4.53. The summed E-state index contributed by atoms with van der Waals surface area (Å²) >= 11 is 1.55. The first-order chi connectivity index (χ1) is 8.24. The number of imidazole rings is 1. The first-order valence-electron chi connectivity index (χ1n) is 4.91. The van der Waals surface area contributed by atoms with Gasteiger partial charge in [0.1, 0.15) is 0 Å². The molecule has 0 unspecified atom stereocenters. The molecule has 0 fully saturated rings. The second-order valence-electron chi connectivity index (χ2n) is 3.52. The van der Waals surface area contributed by atoms with Crippen LogP contribution < -0.4 is 0 Å². The van der Waals surface area contributed by atoms with Gasteiger partial charge in [0, 0.05) is 30.7 Å². The van der Waals surface area contributed by atoms with E-state index < -0.39 is 4.92 Å². The molecule has 2 heterocycles. The summed E-state index contributed by atoms with van der Waals surface area (Å²) in [5.41, 5.74) is 1.07. The standard InChI is InChI=1S/C11H7N3O2S/c15-14(16)9-3-1-8(2-4-9)10-7-13-6-5-12-11(13)17-10/h1-7H. The number of nitro benzene ring substituents is 1. The highest BCUT2D eigenvalue weighted by atomic mass is 32.1. The van der Waals surface area contributed by atoms with E-state index in [-0.39, 0.29) is 5.69 Å². The van der Waals surface area contributed by atoms with Crippen LogP contribution in [0.4, 0.5) is 5.69 Å². The van der Waals surface area contributed by atoms with Crippen LogP contribution in [0.15, 0.2) is 42.9 Å². The molecular weight excluding hydrogens is 238 g/mol. The Balaban J connectivity index is 2.03. The summed E-state index contributed by atoms with van der Waals surface area (Å²) in [6, 6.07) is 6.53. The number of benzene rings is 1. The van der Waals surface area contributed by atoms with Gasteiger partial charge in [0.05, 0.1) is 9.80 Å². The zero-order valence-corrected chi connectivity index (χ0v) is 9.42. The fourth-order valence-corrected chi connectivity index (χ4v) is 2.56. The van der Waals surface area contributed by atoms with Crippen molar-refractivity contribution in [1.82, 2.24) is 9.38 Å². The van der Waals surface area contributed by atoms with E-state index in [4.69, 9.17) is 0 Å². The summed E-state index contributed by atoms with van der Waals surface area (Å²) in [5, 5.41) is 10.5. The first-order valence-corrected chi connectivity index (χ1v) is 5.73. The Morgan fingerprint density at radius 3 is 2.71 bits per heavy atom. The van der Waals surface area contributed by atoms with Crippen molar-refractivity contribution < 1.29 is 4.92 Å². The molecular formula is C11H7N3O2S. The molecule has 0 saturated carbocycles. The van der Waals surface area contributed by atoms with Gasteiger partial charge in [-0.2, -0.15) is 0 Å². The number of aromatic nitrogens is 2. The van der Waals surface area contributed by atoms with Crippen LogP contribution in [-0.4, -0.2) is 14.3 Å². The van der Waals surface area contributed by atoms with E-state index >= 15 is 0 Å². The molecule has 0 aliphatic carbocycles. The molecule has 0 bridgehead atoms. The van der Waals surface area contributed by atoms with Gasteiger partial charge in [-0.05, 0) is 17.7 Å². The Morgan fingerprint density at radius 2 is 2.06 bits per heavy atom. The SMILES string of the molecule is O=[N+]([O-])c1ccc(-c2cn3ccnc3s2)cc1.